The zero-order chi connectivity index (χ0) is 13.9. The van der Waals surface area contributed by atoms with Crippen LogP contribution >= 0.6 is 0 Å². The summed E-state index contributed by atoms with van der Waals surface area (Å²) >= 11 is 0. The van der Waals surface area contributed by atoms with E-state index >= 15 is 0 Å². The van der Waals surface area contributed by atoms with Crippen LogP contribution in [-0.2, 0) is 0 Å². The van der Waals surface area contributed by atoms with Gasteiger partial charge in [-0.2, -0.15) is 0 Å². The summed E-state index contributed by atoms with van der Waals surface area (Å²) in [6, 6.07) is 7.51. The number of carbonyl (C=O) groups is 1. The van der Waals surface area contributed by atoms with Gasteiger partial charge in [-0.25, -0.2) is 0 Å². The molecule has 0 heterocycles. The first kappa shape index (κ1) is 14.1. The molecule has 104 valence electrons. The Bertz CT molecular complexity index is 448. The normalized spacial score (nSPS) is 17.7. The molecule has 3 heteroatoms. The van der Waals surface area contributed by atoms with E-state index in [2.05, 4.69) is 0 Å². The molecule has 0 atom stereocenters. The molecule has 1 aliphatic carbocycles. The first-order valence-corrected chi connectivity index (χ1v) is 7.09. The average molecular weight is 261 g/mol. The van der Waals surface area contributed by atoms with Crippen molar-refractivity contribution in [1.82, 2.24) is 0 Å². The van der Waals surface area contributed by atoms with Crippen LogP contribution in [0.3, 0.4) is 0 Å². The van der Waals surface area contributed by atoms with Crippen LogP contribution in [0.15, 0.2) is 24.3 Å². The molecule has 2 N–H and O–H groups in total. The molecule has 1 aliphatic rings. The van der Waals surface area contributed by atoms with Crippen LogP contribution in [0.4, 0.5) is 0 Å². The molecule has 1 fully saturated rings. The molecule has 0 unspecified atom stereocenters. The Balaban J connectivity index is 2.33. The molecule has 1 aromatic carbocycles. The maximum absolute atomic E-state index is 12.8. The van der Waals surface area contributed by atoms with Gasteiger partial charge in [0, 0.05) is 12.0 Å². The number of para-hydroxylation sites is 1. The van der Waals surface area contributed by atoms with Crippen LogP contribution < -0.4 is 10.5 Å². The van der Waals surface area contributed by atoms with Gasteiger partial charge in [-0.3, -0.25) is 4.79 Å². The number of hydrogen-bond donors (Lipinski definition) is 1. The van der Waals surface area contributed by atoms with Gasteiger partial charge in [0.25, 0.3) is 0 Å². The van der Waals surface area contributed by atoms with Crippen molar-refractivity contribution in [3.63, 3.8) is 0 Å². The minimum absolute atomic E-state index is 0.0614. The highest BCUT2D eigenvalue weighted by Gasteiger charge is 2.41. The number of Topliss-reactive ketones (excluding diaryl/α,β-unsaturated/α-hetero) is 1. The molecule has 0 amide bonds. The Morgan fingerprint density at radius 1 is 1.32 bits per heavy atom. The number of ether oxygens (including phenoxy) is 1. The summed E-state index contributed by atoms with van der Waals surface area (Å²) in [4.78, 5) is 12.8. The minimum atomic E-state index is -0.365. The van der Waals surface area contributed by atoms with E-state index in [0.717, 1.165) is 25.7 Å². The van der Waals surface area contributed by atoms with E-state index in [1.165, 1.54) is 0 Å². The Morgan fingerprint density at radius 3 is 2.53 bits per heavy atom. The van der Waals surface area contributed by atoms with Crippen LogP contribution in [0.1, 0.15) is 49.9 Å². The molecule has 0 radical (unpaired) electrons. The SMILES string of the molecule is CC(C)Oc1ccccc1C(=O)C1(CN)CCCC1. The molecule has 0 aromatic heterocycles. The van der Waals surface area contributed by atoms with E-state index in [-0.39, 0.29) is 17.3 Å². The molecule has 0 saturated heterocycles. The molecule has 19 heavy (non-hydrogen) atoms. The van der Waals surface area contributed by atoms with Crippen LogP contribution in [0.2, 0.25) is 0 Å². The van der Waals surface area contributed by atoms with Crippen molar-refractivity contribution in [3.8, 4) is 5.75 Å². The Labute approximate surface area is 115 Å². The number of carbonyl (C=O) groups excluding carboxylic acids is 1. The van der Waals surface area contributed by atoms with Gasteiger partial charge in [-0.15, -0.1) is 0 Å². The molecule has 0 aliphatic heterocycles. The summed E-state index contributed by atoms with van der Waals surface area (Å²) in [5, 5.41) is 0. The molecule has 1 aromatic rings. The fourth-order valence-corrected chi connectivity index (χ4v) is 2.87. The van der Waals surface area contributed by atoms with Crippen LogP contribution in [-0.4, -0.2) is 18.4 Å². The lowest BCUT2D eigenvalue weighted by atomic mass is 9.78. The molecular formula is C16H23NO2. The molecule has 1 saturated carbocycles. The van der Waals surface area contributed by atoms with Crippen LogP contribution in [0.25, 0.3) is 0 Å². The van der Waals surface area contributed by atoms with Gasteiger partial charge in [0.05, 0.1) is 11.7 Å². The predicted molar refractivity (Wildman–Crippen MR) is 76.5 cm³/mol. The Kier molecular flexibility index (Phi) is 4.25. The predicted octanol–water partition coefficient (Wildman–Crippen LogP) is 3.18. The second-order valence-corrected chi connectivity index (χ2v) is 5.68. The standard InChI is InChI=1S/C16H23NO2/c1-12(2)19-14-8-4-3-7-13(14)15(18)16(11-17)9-5-6-10-16/h3-4,7-8,12H,5-6,9-11,17H2,1-2H3. The monoisotopic (exact) mass is 261 g/mol. The third-order valence-electron chi connectivity index (χ3n) is 3.93. The van der Waals surface area contributed by atoms with Gasteiger partial charge in [-0.1, -0.05) is 25.0 Å². The summed E-state index contributed by atoms with van der Waals surface area (Å²) in [6.07, 6.45) is 4.05. The number of rotatable bonds is 5. The molecule has 0 spiro atoms. The van der Waals surface area contributed by atoms with Crippen molar-refractivity contribution in [2.24, 2.45) is 11.1 Å². The lowest BCUT2D eigenvalue weighted by Gasteiger charge is -2.26. The molecule has 0 bridgehead atoms. The molecule has 2 rings (SSSR count). The highest BCUT2D eigenvalue weighted by molar-refractivity contribution is 6.03. The zero-order valence-corrected chi connectivity index (χ0v) is 11.8. The van der Waals surface area contributed by atoms with Crippen molar-refractivity contribution in [3.05, 3.63) is 29.8 Å². The maximum Gasteiger partial charge on any atom is 0.173 e. The second kappa shape index (κ2) is 5.74. The first-order valence-electron chi connectivity index (χ1n) is 7.09. The lowest BCUT2D eigenvalue weighted by molar-refractivity contribution is 0.0803. The zero-order valence-electron chi connectivity index (χ0n) is 11.8. The smallest absolute Gasteiger partial charge is 0.173 e. The summed E-state index contributed by atoms with van der Waals surface area (Å²) < 4.78 is 5.75. The Morgan fingerprint density at radius 2 is 1.95 bits per heavy atom. The summed E-state index contributed by atoms with van der Waals surface area (Å²) in [6.45, 7) is 4.37. The van der Waals surface area contributed by atoms with Gasteiger partial charge >= 0.3 is 0 Å². The van der Waals surface area contributed by atoms with Crippen molar-refractivity contribution in [2.45, 2.75) is 45.6 Å². The number of nitrogens with two attached hydrogens (primary N) is 1. The van der Waals surface area contributed by atoms with E-state index in [0.29, 0.717) is 17.9 Å². The fraction of sp³-hybridized carbons (Fsp3) is 0.562. The fourth-order valence-electron chi connectivity index (χ4n) is 2.87. The van der Waals surface area contributed by atoms with Crippen molar-refractivity contribution >= 4 is 5.78 Å². The van der Waals surface area contributed by atoms with E-state index in [4.69, 9.17) is 10.5 Å². The summed E-state index contributed by atoms with van der Waals surface area (Å²) in [7, 11) is 0. The number of benzene rings is 1. The quantitative estimate of drug-likeness (QED) is 0.828. The number of ketones is 1. The van der Waals surface area contributed by atoms with E-state index < -0.39 is 0 Å². The third kappa shape index (κ3) is 2.81. The highest BCUT2D eigenvalue weighted by Crippen LogP contribution is 2.41. The Hall–Kier alpha value is -1.35. The summed E-state index contributed by atoms with van der Waals surface area (Å²) in [5.74, 6) is 0.839. The topological polar surface area (TPSA) is 52.3 Å². The molecular weight excluding hydrogens is 238 g/mol. The van der Waals surface area contributed by atoms with Crippen molar-refractivity contribution in [2.75, 3.05) is 6.54 Å². The first-order chi connectivity index (χ1) is 9.09. The van der Waals surface area contributed by atoms with Crippen molar-refractivity contribution in [1.29, 1.82) is 0 Å². The van der Waals surface area contributed by atoms with Gasteiger partial charge in [0.2, 0.25) is 0 Å². The third-order valence-corrected chi connectivity index (χ3v) is 3.93. The van der Waals surface area contributed by atoms with Crippen molar-refractivity contribution < 1.29 is 9.53 Å². The van der Waals surface area contributed by atoms with E-state index in [1.54, 1.807) is 0 Å². The second-order valence-electron chi connectivity index (χ2n) is 5.68. The summed E-state index contributed by atoms with van der Waals surface area (Å²) in [5.41, 5.74) is 6.22. The van der Waals surface area contributed by atoms with Crippen LogP contribution in [0, 0.1) is 5.41 Å². The number of hydrogen-bond acceptors (Lipinski definition) is 3. The van der Waals surface area contributed by atoms with E-state index in [9.17, 15) is 4.79 Å². The van der Waals surface area contributed by atoms with Gasteiger partial charge in [-0.05, 0) is 38.8 Å². The lowest BCUT2D eigenvalue weighted by Crippen LogP contribution is -2.36. The largest absolute Gasteiger partial charge is 0.490 e. The van der Waals surface area contributed by atoms with Crippen LogP contribution in [0.5, 0.6) is 5.75 Å². The maximum atomic E-state index is 12.8. The molecule has 3 nitrogen and oxygen atoms in total. The van der Waals surface area contributed by atoms with Gasteiger partial charge in [0.15, 0.2) is 5.78 Å². The van der Waals surface area contributed by atoms with E-state index in [1.807, 2.05) is 38.1 Å². The highest BCUT2D eigenvalue weighted by atomic mass is 16.5. The van der Waals surface area contributed by atoms with Gasteiger partial charge in [0.1, 0.15) is 5.75 Å². The average Bonchev–Trinajstić information content (AvgIpc) is 2.88. The van der Waals surface area contributed by atoms with Gasteiger partial charge < -0.3 is 10.5 Å². The minimum Gasteiger partial charge on any atom is -0.490 e.